The Balaban J connectivity index is 1.85. The first kappa shape index (κ1) is 18.4. The van der Waals surface area contributed by atoms with E-state index < -0.39 is 0 Å². The Morgan fingerprint density at radius 3 is 2.71 bits per heavy atom. The van der Waals surface area contributed by atoms with Gasteiger partial charge in [-0.15, -0.1) is 0 Å². The fourth-order valence-electron chi connectivity index (χ4n) is 3.40. The second-order valence-electron chi connectivity index (χ2n) is 7.06. The number of morpholine rings is 1. The Morgan fingerprint density at radius 2 is 1.93 bits per heavy atom. The first-order valence-electron chi connectivity index (χ1n) is 9.32. The van der Waals surface area contributed by atoms with Crippen molar-refractivity contribution >= 4 is 28.2 Å². The summed E-state index contributed by atoms with van der Waals surface area (Å²) in [5, 5.41) is 3.97. The summed E-state index contributed by atoms with van der Waals surface area (Å²) >= 11 is 0. The molecule has 0 spiro atoms. The number of carbonyl (C=O) groups excluding carboxylic acids is 1. The first-order valence-corrected chi connectivity index (χ1v) is 9.32. The van der Waals surface area contributed by atoms with Crippen LogP contribution in [0.2, 0.25) is 0 Å². The number of ether oxygens (including phenoxy) is 1. The molecular formula is C22H22FN3O2. The van der Waals surface area contributed by atoms with Crippen LogP contribution in [0.5, 0.6) is 0 Å². The zero-order chi connectivity index (χ0) is 19.7. The maximum atomic E-state index is 14.0. The molecule has 1 N–H and O–H groups in total. The van der Waals surface area contributed by atoms with Gasteiger partial charge in [-0.3, -0.25) is 9.78 Å². The molecular weight excluding hydrogens is 357 g/mol. The molecule has 1 aliphatic rings. The van der Waals surface area contributed by atoms with Crippen LogP contribution in [-0.2, 0) is 4.74 Å². The van der Waals surface area contributed by atoms with E-state index in [1.54, 1.807) is 17.2 Å². The monoisotopic (exact) mass is 379 g/mol. The van der Waals surface area contributed by atoms with Gasteiger partial charge in [0.25, 0.3) is 5.91 Å². The number of nitrogens with zero attached hydrogens (tertiary/aromatic N) is 2. The van der Waals surface area contributed by atoms with Crippen molar-refractivity contribution < 1.29 is 13.9 Å². The molecule has 1 aliphatic heterocycles. The summed E-state index contributed by atoms with van der Waals surface area (Å²) in [5.41, 5.74) is 4.66. The molecule has 28 heavy (non-hydrogen) atoms. The van der Waals surface area contributed by atoms with Crippen molar-refractivity contribution in [1.29, 1.82) is 0 Å². The van der Waals surface area contributed by atoms with Gasteiger partial charge in [0.15, 0.2) is 0 Å². The zero-order valence-corrected chi connectivity index (χ0v) is 16.0. The quantitative estimate of drug-likeness (QED) is 0.741. The van der Waals surface area contributed by atoms with Gasteiger partial charge >= 0.3 is 0 Å². The van der Waals surface area contributed by atoms with Crippen LogP contribution in [0.4, 0.5) is 15.8 Å². The number of pyridine rings is 1. The summed E-state index contributed by atoms with van der Waals surface area (Å²) < 4.78 is 19.4. The van der Waals surface area contributed by atoms with Crippen LogP contribution in [0.3, 0.4) is 0 Å². The summed E-state index contributed by atoms with van der Waals surface area (Å²) in [6.07, 6.45) is 1.57. The SMILES string of the molecule is Cc1ccc(C)c(Nc2c(C(=O)N3CCOCC3)cnc3ccc(F)cc23)c1. The van der Waals surface area contributed by atoms with Crippen LogP contribution >= 0.6 is 0 Å². The summed E-state index contributed by atoms with van der Waals surface area (Å²) in [4.78, 5) is 19.3. The highest BCUT2D eigenvalue weighted by Gasteiger charge is 2.23. The molecule has 2 aromatic carbocycles. The van der Waals surface area contributed by atoms with Crippen molar-refractivity contribution in [2.75, 3.05) is 31.6 Å². The number of benzene rings is 2. The minimum absolute atomic E-state index is 0.130. The second-order valence-corrected chi connectivity index (χ2v) is 7.06. The number of nitrogens with one attached hydrogen (secondary N) is 1. The fourth-order valence-corrected chi connectivity index (χ4v) is 3.40. The number of hydrogen-bond donors (Lipinski definition) is 1. The number of anilines is 2. The van der Waals surface area contributed by atoms with Gasteiger partial charge in [-0.1, -0.05) is 12.1 Å². The first-order chi connectivity index (χ1) is 13.5. The van der Waals surface area contributed by atoms with E-state index in [1.165, 1.54) is 12.1 Å². The van der Waals surface area contributed by atoms with E-state index in [0.717, 1.165) is 16.8 Å². The molecule has 5 nitrogen and oxygen atoms in total. The largest absolute Gasteiger partial charge is 0.378 e. The van der Waals surface area contributed by atoms with Crippen LogP contribution in [-0.4, -0.2) is 42.1 Å². The Bertz CT molecular complexity index is 1050. The van der Waals surface area contributed by atoms with Crippen molar-refractivity contribution in [2.24, 2.45) is 0 Å². The number of carbonyl (C=O) groups is 1. The molecule has 144 valence electrons. The van der Waals surface area contributed by atoms with Crippen LogP contribution in [0.25, 0.3) is 10.9 Å². The lowest BCUT2D eigenvalue weighted by atomic mass is 10.1. The highest BCUT2D eigenvalue weighted by molar-refractivity contribution is 6.08. The smallest absolute Gasteiger partial charge is 0.257 e. The van der Waals surface area contributed by atoms with E-state index in [4.69, 9.17) is 4.74 Å². The number of hydrogen-bond acceptors (Lipinski definition) is 4. The van der Waals surface area contributed by atoms with Crippen molar-refractivity contribution in [3.63, 3.8) is 0 Å². The minimum Gasteiger partial charge on any atom is -0.378 e. The lowest BCUT2D eigenvalue weighted by molar-refractivity contribution is 0.0303. The Kier molecular flexibility index (Phi) is 4.96. The van der Waals surface area contributed by atoms with Gasteiger partial charge in [-0.2, -0.15) is 0 Å². The molecule has 6 heteroatoms. The van der Waals surface area contributed by atoms with E-state index >= 15 is 0 Å². The fraction of sp³-hybridized carbons (Fsp3) is 0.273. The molecule has 1 fully saturated rings. The maximum Gasteiger partial charge on any atom is 0.257 e. The van der Waals surface area contributed by atoms with E-state index in [9.17, 15) is 9.18 Å². The molecule has 4 rings (SSSR count). The average Bonchev–Trinajstić information content (AvgIpc) is 2.71. The Morgan fingerprint density at radius 1 is 1.14 bits per heavy atom. The molecule has 0 atom stereocenters. The van der Waals surface area contributed by atoms with Crippen LogP contribution in [0.15, 0.2) is 42.6 Å². The lowest BCUT2D eigenvalue weighted by Crippen LogP contribution is -2.41. The van der Waals surface area contributed by atoms with Gasteiger partial charge in [0.2, 0.25) is 0 Å². The van der Waals surface area contributed by atoms with Crippen molar-refractivity contribution in [3.8, 4) is 0 Å². The van der Waals surface area contributed by atoms with E-state index in [2.05, 4.69) is 10.3 Å². The molecule has 2 heterocycles. The Labute approximate surface area is 163 Å². The molecule has 1 aromatic heterocycles. The molecule has 3 aromatic rings. The standard InChI is InChI=1S/C22H22FN3O2/c1-14-3-4-15(2)20(11-14)25-21-17-12-16(23)5-6-19(17)24-13-18(21)22(27)26-7-9-28-10-8-26/h3-6,11-13H,7-10H2,1-2H3,(H,24,25). The molecule has 0 bridgehead atoms. The number of rotatable bonds is 3. The summed E-state index contributed by atoms with van der Waals surface area (Å²) in [7, 11) is 0. The van der Waals surface area contributed by atoms with Crippen molar-refractivity contribution in [1.82, 2.24) is 9.88 Å². The van der Waals surface area contributed by atoms with Gasteiger partial charge in [0.1, 0.15) is 5.82 Å². The minimum atomic E-state index is -0.366. The van der Waals surface area contributed by atoms with E-state index in [-0.39, 0.29) is 11.7 Å². The molecule has 0 unspecified atom stereocenters. The normalized spacial score (nSPS) is 14.3. The molecule has 0 radical (unpaired) electrons. The Hall–Kier alpha value is -2.99. The molecule has 0 saturated carbocycles. The van der Waals surface area contributed by atoms with Crippen molar-refractivity contribution in [2.45, 2.75) is 13.8 Å². The lowest BCUT2D eigenvalue weighted by Gasteiger charge is -2.28. The zero-order valence-electron chi connectivity index (χ0n) is 16.0. The molecule has 1 amide bonds. The number of aromatic nitrogens is 1. The third-order valence-corrected chi connectivity index (χ3v) is 5.01. The molecule has 0 aliphatic carbocycles. The highest BCUT2D eigenvalue weighted by Crippen LogP contribution is 2.32. The van der Waals surface area contributed by atoms with Gasteiger partial charge in [-0.25, -0.2) is 4.39 Å². The third-order valence-electron chi connectivity index (χ3n) is 5.01. The van der Waals surface area contributed by atoms with Gasteiger partial charge in [-0.05, 0) is 49.2 Å². The van der Waals surface area contributed by atoms with Gasteiger partial charge < -0.3 is 15.0 Å². The number of fused-ring (bicyclic) bond motifs is 1. The summed E-state index contributed by atoms with van der Waals surface area (Å²) in [5.74, 6) is -0.496. The van der Waals surface area contributed by atoms with Crippen LogP contribution in [0, 0.1) is 19.7 Å². The maximum absolute atomic E-state index is 14.0. The summed E-state index contributed by atoms with van der Waals surface area (Å²) in [6.45, 7) is 6.10. The number of amides is 1. The van der Waals surface area contributed by atoms with Crippen LogP contribution < -0.4 is 5.32 Å². The highest BCUT2D eigenvalue weighted by atomic mass is 19.1. The van der Waals surface area contributed by atoms with Crippen molar-refractivity contribution in [3.05, 3.63) is 65.1 Å². The second kappa shape index (κ2) is 7.56. The number of halogens is 1. The third kappa shape index (κ3) is 3.55. The van der Waals surface area contributed by atoms with E-state index in [1.807, 2.05) is 32.0 Å². The summed E-state index contributed by atoms with van der Waals surface area (Å²) in [6, 6.07) is 10.5. The average molecular weight is 379 g/mol. The van der Waals surface area contributed by atoms with Gasteiger partial charge in [0.05, 0.1) is 30.0 Å². The number of aryl methyl sites for hydroxylation is 2. The van der Waals surface area contributed by atoms with Crippen LogP contribution in [0.1, 0.15) is 21.5 Å². The topological polar surface area (TPSA) is 54.5 Å². The predicted octanol–water partition coefficient (Wildman–Crippen LogP) is 4.21. The van der Waals surface area contributed by atoms with E-state index in [0.29, 0.717) is 48.5 Å². The van der Waals surface area contributed by atoms with Gasteiger partial charge in [0, 0.05) is 30.4 Å². The molecule has 1 saturated heterocycles. The predicted molar refractivity (Wildman–Crippen MR) is 108 cm³/mol.